The van der Waals surface area contributed by atoms with Crippen LogP contribution >= 0.6 is 0 Å². The van der Waals surface area contributed by atoms with Crippen LogP contribution in [0, 0.1) is 13.8 Å². The number of ether oxygens (including phenoxy) is 2. The minimum atomic E-state index is 0.444. The normalized spacial score (nSPS) is 10.6. The quantitative estimate of drug-likeness (QED) is 0.462. The first kappa shape index (κ1) is 20.1. The highest BCUT2D eigenvalue weighted by Crippen LogP contribution is 2.31. The lowest BCUT2D eigenvalue weighted by Gasteiger charge is -2.12. The third-order valence-electron chi connectivity index (χ3n) is 4.79. The van der Waals surface area contributed by atoms with E-state index in [0.717, 1.165) is 28.5 Å². The number of methoxy groups -OCH3 is 2. The fraction of sp³-hybridized carbons (Fsp3) is 0.182. The minimum absolute atomic E-state index is 0.444. The van der Waals surface area contributed by atoms with E-state index >= 15 is 0 Å². The Labute approximate surface area is 180 Å². The summed E-state index contributed by atoms with van der Waals surface area (Å²) in [5, 5.41) is 11.2. The van der Waals surface area contributed by atoms with Crippen LogP contribution in [0.5, 0.6) is 11.5 Å². The van der Waals surface area contributed by atoms with Gasteiger partial charge in [-0.15, -0.1) is 0 Å². The van der Waals surface area contributed by atoms with Crippen molar-refractivity contribution in [1.82, 2.24) is 24.7 Å². The topological polar surface area (TPSA) is 99.0 Å². The molecule has 0 atom stereocenters. The van der Waals surface area contributed by atoms with Crippen LogP contribution < -0.4 is 20.1 Å². The van der Waals surface area contributed by atoms with Crippen LogP contribution in [0.4, 0.5) is 23.3 Å². The van der Waals surface area contributed by atoms with Crippen LogP contribution in [0.1, 0.15) is 11.3 Å². The van der Waals surface area contributed by atoms with E-state index in [0.29, 0.717) is 23.3 Å². The summed E-state index contributed by atoms with van der Waals surface area (Å²) < 4.78 is 12.5. The van der Waals surface area contributed by atoms with Crippen molar-refractivity contribution >= 4 is 23.3 Å². The molecule has 0 radical (unpaired) electrons. The van der Waals surface area contributed by atoms with Gasteiger partial charge >= 0.3 is 0 Å². The maximum absolute atomic E-state index is 5.36. The number of hydrogen-bond acceptors (Lipinski definition) is 8. The summed E-state index contributed by atoms with van der Waals surface area (Å²) in [6.45, 7) is 3.99. The van der Waals surface area contributed by atoms with Gasteiger partial charge in [-0.2, -0.15) is 10.1 Å². The Morgan fingerprint density at radius 3 is 2.52 bits per heavy atom. The molecule has 0 fully saturated rings. The average molecular weight is 417 g/mol. The number of anilines is 4. The molecule has 2 N–H and O–H groups in total. The lowest BCUT2D eigenvalue weighted by molar-refractivity contribution is 0.355. The first-order valence-corrected chi connectivity index (χ1v) is 9.65. The molecule has 9 heteroatoms. The molecule has 0 amide bonds. The summed E-state index contributed by atoms with van der Waals surface area (Å²) in [6, 6.07) is 11.1. The molecule has 0 bridgehead atoms. The minimum Gasteiger partial charge on any atom is -0.493 e. The zero-order chi connectivity index (χ0) is 21.8. The highest BCUT2D eigenvalue weighted by Gasteiger charge is 2.14. The van der Waals surface area contributed by atoms with Gasteiger partial charge in [0, 0.05) is 29.7 Å². The van der Waals surface area contributed by atoms with Gasteiger partial charge in [0.25, 0.3) is 0 Å². The van der Waals surface area contributed by atoms with E-state index < -0.39 is 0 Å². The average Bonchev–Trinajstić information content (AvgIpc) is 3.08. The van der Waals surface area contributed by atoms with Gasteiger partial charge in [0.05, 0.1) is 31.8 Å². The van der Waals surface area contributed by atoms with Crippen LogP contribution in [0.2, 0.25) is 0 Å². The third kappa shape index (κ3) is 4.25. The van der Waals surface area contributed by atoms with Crippen LogP contribution in [-0.2, 0) is 0 Å². The van der Waals surface area contributed by atoms with Gasteiger partial charge in [-0.25, -0.2) is 9.67 Å². The number of aromatic nitrogens is 5. The molecule has 1 aromatic carbocycles. The van der Waals surface area contributed by atoms with E-state index in [1.807, 2.05) is 48.9 Å². The highest BCUT2D eigenvalue weighted by molar-refractivity contribution is 5.63. The van der Waals surface area contributed by atoms with E-state index in [-0.39, 0.29) is 0 Å². The molecule has 4 aromatic rings. The summed E-state index contributed by atoms with van der Waals surface area (Å²) in [5.41, 5.74) is 3.59. The maximum Gasteiger partial charge on any atom is 0.229 e. The number of nitrogens with zero attached hydrogens (tertiary/aromatic N) is 5. The van der Waals surface area contributed by atoms with E-state index in [4.69, 9.17) is 9.47 Å². The van der Waals surface area contributed by atoms with Crippen molar-refractivity contribution in [3.63, 3.8) is 0 Å². The second kappa shape index (κ2) is 8.70. The second-order valence-corrected chi connectivity index (χ2v) is 6.77. The van der Waals surface area contributed by atoms with Crippen molar-refractivity contribution in [2.75, 3.05) is 24.9 Å². The second-order valence-electron chi connectivity index (χ2n) is 6.77. The molecule has 0 unspecified atom stereocenters. The largest absolute Gasteiger partial charge is 0.493 e. The molecule has 0 aliphatic heterocycles. The zero-order valence-electron chi connectivity index (χ0n) is 17.7. The van der Waals surface area contributed by atoms with Gasteiger partial charge in [0.1, 0.15) is 11.6 Å². The van der Waals surface area contributed by atoms with Gasteiger partial charge in [0.15, 0.2) is 11.5 Å². The van der Waals surface area contributed by atoms with Crippen LogP contribution in [0.3, 0.4) is 0 Å². The lowest BCUT2D eigenvalue weighted by Crippen LogP contribution is -2.06. The Hall–Kier alpha value is -4.14. The fourth-order valence-corrected chi connectivity index (χ4v) is 3.07. The number of aryl methyl sites for hydroxylation is 1. The van der Waals surface area contributed by atoms with E-state index in [2.05, 4.69) is 30.7 Å². The summed E-state index contributed by atoms with van der Waals surface area (Å²) in [6.07, 6.45) is 5.18. The third-order valence-corrected chi connectivity index (χ3v) is 4.79. The smallest absolute Gasteiger partial charge is 0.229 e. The summed E-state index contributed by atoms with van der Waals surface area (Å²) in [4.78, 5) is 13.1. The predicted octanol–water partition coefficient (Wildman–Crippen LogP) is 4.18. The van der Waals surface area contributed by atoms with Crippen molar-refractivity contribution in [2.45, 2.75) is 13.8 Å². The lowest BCUT2D eigenvalue weighted by atomic mass is 10.2. The van der Waals surface area contributed by atoms with Gasteiger partial charge < -0.3 is 20.1 Å². The van der Waals surface area contributed by atoms with Gasteiger partial charge in [0.2, 0.25) is 5.95 Å². The SMILES string of the molecule is COc1ccc(Nc2nccc(Nc3c(C)c(C)nn3-c3cccnc3)n2)cc1OC. The molecular formula is C22H23N7O2. The zero-order valence-corrected chi connectivity index (χ0v) is 17.7. The van der Waals surface area contributed by atoms with Crippen molar-refractivity contribution in [2.24, 2.45) is 0 Å². The van der Waals surface area contributed by atoms with E-state index in [9.17, 15) is 0 Å². The van der Waals surface area contributed by atoms with Crippen LogP contribution in [0.15, 0.2) is 55.0 Å². The van der Waals surface area contributed by atoms with E-state index in [1.54, 1.807) is 38.9 Å². The molecule has 4 rings (SSSR count). The van der Waals surface area contributed by atoms with Crippen LogP contribution in [-0.4, -0.2) is 39.0 Å². The molecule has 9 nitrogen and oxygen atoms in total. The number of nitrogens with one attached hydrogen (secondary N) is 2. The number of pyridine rings is 1. The first-order chi connectivity index (χ1) is 15.1. The molecule has 0 spiro atoms. The standard InChI is InChI=1S/C22H23N7O2/c1-14-15(2)28-29(17-6-5-10-23-13-17)21(14)26-20-9-11-24-22(27-20)25-16-7-8-18(30-3)19(12-16)31-4/h5-13H,1-4H3,(H2,24,25,26,27). The highest BCUT2D eigenvalue weighted by atomic mass is 16.5. The molecule has 0 aliphatic carbocycles. The Kier molecular flexibility index (Phi) is 5.65. The maximum atomic E-state index is 5.36. The van der Waals surface area contributed by atoms with Crippen molar-refractivity contribution < 1.29 is 9.47 Å². The molecular weight excluding hydrogens is 394 g/mol. The summed E-state index contributed by atoms with van der Waals surface area (Å²) >= 11 is 0. The van der Waals surface area contributed by atoms with Gasteiger partial charge in [-0.05, 0) is 44.2 Å². The number of benzene rings is 1. The van der Waals surface area contributed by atoms with Gasteiger partial charge in [-0.1, -0.05) is 0 Å². The molecule has 31 heavy (non-hydrogen) atoms. The molecule has 3 aromatic heterocycles. The molecule has 3 heterocycles. The number of hydrogen-bond donors (Lipinski definition) is 2. The Morgan fingerprint density at radius 2 is 1.77 bits per heavy atom. The molecule has 158 valence electrons. The number of rotatable bonds is 7. The monoisotopic (exact) mass is 417 g/mol. The Bertz CT molecular complexity index is 1190. The Balaban J connectivity index is 1.61. The summed E-state index contributed by atoms with van der Waals surface area (Å²) in [7, 11) is 3.20. The molecule has 0 aliphatic rings. The fourth-order valence-electron chi connectivity index (χ4n) is 3.07. The first-order valence-electron chi connectivity index (χ1n) is 9.65. The molecule has 0 saturated carbocycles. The van der Waals surface area contributed by atoms with Gasteiger partial charge in [-0.3, -0.25) is 4.98 Å². The molecule has 0 saturated heterocycles. The van der Waals surface area contributed by atoms with E-state index in [1.165, 1.54) is 0 Å². The van der Waals surface area contributed by atoms with Crippen molar-refractivity contribution in [1.29, 1.82) is 0 Å². The van der Waals surface area contributed by atoms with Crippen molar-refractivity contribution in [3.05, 3.63) is 66.2 Å². The van der Waals surface area contributed by atoms with Crippen LogP contribution in [0.25, 0.3) is 5.69 Å². The summed E-state index contributed by atoms with van der Waals surface area (Å²) in [5.74, 6) is 3.17. The Morgan fingerprint density at radius 1 is 0.935 bits per heavy atom. The predicted molar refractivity (Wildman–Crippen MR) is 119 cm³/mol. The van der Waals surface area contributed by atoms with Crippen molar-refractivity contribution in [3.8, 4) is 17.2 Å².